The number of benzene rings is 1. The molecule has 0 aliphatic carbocycles. The summed E-state index contributed by atoms with van der Waals surface area (Å²) in [4.78, 5) is 23.2. The van der Waals surface area contributed by atoms with Gasteiger partial charge in [-0.1, -0.05) is 0 Å². The number of carbonyl (C=O) groups is 2. The second kappa shape index (κ2) is 5.59. The van der Waals surface area contributed by atoms with Gasteiger partial charge < -0.3 is 28.4 Å². The largest absolute Gasteiger partial charge is 1.00 e. The van der Waals surface area contributed by atoms with E-state index in [4.69, 9.17) is 0 Å². The van der Waals surface area contributed by atoms with Crippen LogP contribution in [0.2, 0.25) is 0 Å². The predicted molar refractivity (Wildman–Crippen MR) is 67.2 cm³/mol. The van der Waals surface area contributed by atoms with Crippen molar-refractivity contribution in [1.29, 1.82) is 0 Å². The molecule has 3 rings (SSSR count). The summed E-state index contributed by atoms with van der Waals surface area (Å²) in [6, 6.07) is 5.59. The highest BCUT2D eigenvalue weighted by atomic mass is 35.5. The summed E-state index contributed by atoms with van der Waals surface area (Å²) in [6.07, 6.45) is 2.44. The molecule has 0 unspecified atom stereocenters. The zero-order chi connectivity index (χ0) is 12.5. The van der Waals surface area contributed by atoms with Crippen LogP contribution >= 0.6 is 0 Å². The Morgan fingerprint density at radius 2 is 2.26 bits per heavy atom. The lowest BCUT2D eigenvalue weighted by molar-refractivity contribution is -0.656. The van der Waals surface area contributed by atoms with Gasteiger partial charge in [0.15, 0.2) is 6.04 Å². The van der Waals surface area contributed by atoms with Crippen LogP contribution in [-0.2, 0) is 16.0 Å². The minimum Gasteiger partial charge on any atom is -1.00 e. The molecule has 1 aromatic rings. The first-order valence-electron chi connectivity index (χ1n) is 6.29. The first-order chi connectivity index (χ1) is 8.72. The third kappa shape index (κ3) is 2.88. The Balaban J connectivity index is 0.00000133. The molecule has 102 valence electrons. The van der Waals surface area contributed by atoms with Gasteiger partial charge in [0.25, 0.3) is 5.91 Å². The van der Waals surface area contributed by atoms with E-state index in [1.54, 1.807) is 0 Å². The van der Waals surface area contributed by atoms with Gasteiger partial charge in [-0.15, -0.1) is 0 Å². The fraction of sp³-hybridized carbons (Fsp3) is 0.385. The second-order valence-electron chi connectivity index (χ2n) is 4.86. The van der Waals surface area contributed by atoms with Crippen LogP contribution in [0.15, 0.2) is 18.2 Å². The van der Waals surface area contributed by atoms with Crippen molar-refractivity contribution < 1.29 is 27.3 Å². The van der Waals surface area contributed by atoms with Crippen LogP contribution in [0, 0.1) is 0 Å². The average molecular weight is 282 g/mol. The number of nitrogens with two attached hydrogens (primary N) is 1. The Labute approximate surface area is 117 Å². The summed E-state index contributed by atoms with van der Waals surface area (Å²) in [6.45, 7) is 1.03. The van der Waals surface area contributed by atoms with Gasteiger partial charge in [0, 0.05) is 24.2 Å². The lowest BCUT2D eigenvalue weighted by Gasteiger charge is -2.09. The maximum absolute atomic E-state index is 12.0. The summed E-state index contributed by atoms with van der Waals surface area (Å²) in [5.74, 6) is 0.0716. The van der Waals surface area contributed by atoms with Crippen LogP contribution in [0.3, 0.4) is 0 Å². The minimum atomic E-state index is 0. The van der Waals surface area contributed by atoms with E-state index in [1.807, 2.05) is 18.2 Å². The number of quaternary nitrogens is 1. The van der Waals surface area contributed by atoms with Gasteiger partial charge in [0.05, 0.1) is 13.0 Å². The van der Waals surface area contributed by atoms with E-state index in [0.717, 1.165) is 36.3 Å². The lowest BCUT2D eigenvalue weighted by atomic mass is 10.1. The van der Waals surface area contributed by atoms with Crippen LogP contribution in [-0.4, -0.2) is 24.4 Å². The molecule has 1 atom stereocenters. The molecule has 1 aromatic carbocycles. The summed E-state index contributed by atoms with van der Waals surface area (Å²) in [5.41, 5.74) is 2.58. The van der Waals surface area contributed by atoms with E-state index in [0.29, 0.717) is 6.42 Å². The number of rotatable bonds is 2. The summed E-state index contributed by atoms with van der Waals surface area (Å²) < 4.78 is 0. The molecular weight excluding hydrogens is 266 g/mol. The first kappa shape index (κ1) is 13.8. The molecular formula is C13H16ClN3O2. The average Bonchev–Trinajstić information content (AvgIpc) is 2.95. The molecule has 5 nitrogen and oxygen atoms in total. The normalized spacial score (nSPS) is 20.4. The van der Waals surface area contributed by atoms with Gasteiger partial charge in [0.1, 0.15) is 0 Å². The van der Waals surface area contributed by atoms with Crippen molar-refractivity contribution in [2.24, 2.45) is 0 Å². The van der Waals surface area contributed by atoms with E-state index in [-0.39, 0.29) is 30.3 Å². The minimum absolute atomic E-state index is 0. The molecule has 1 saturated heterocycles. The third-order valence-corrected chi connectivity index (χ3v) is 3.51. The maximum atomic E-state index is 12.0. The Kier molecular flexibility index (Phi) is 4.07. The zero-order valence-electron chi connectivity index (χ0n) is 10.4. The number of carbonyl (C=O) groups excluding carboxylic acids is 2. The highest BCUT2D eigenvalue weighted by Crippen LogP contribution is 2.26. The Morgan fingerprint density at radius 3 is 3.00 bits per heavy atom. The van der Waals surface area contributed by atoms with Crippen molar-refractivity contribution in [3.8, 4) is 0 Å². The molecule has 2 aliphatic heterocycles. The molecule has 0 spiro atoms. The molecule has 2 heterocycles. The van der Waals surface area contributed by atoms with Gasteiger partial charge in [-0.3, -0.25) is 9.59 Å². The summed E-state index contributed by atoms with van der Waals surface area (Å²) in [7, 11) is 0. The number of fused-ring (bicyclic) bond motifs is 1. The fourth-order valence-corrected chi connectivity index (χ4v) is 2.55. The lowest BCUT2D eigenvalue weighted by Crippen LogP contribution is -3.00. The van der Waals surface area contributed by atoms with Gasteiger partial charge in [-0.05, 0) is 23.8 Å². The van der Waals surface area contributed by atoms with E-state index < -0.39 is 0 Å². The number of hydrogen-bond acceptors (Lipinski definition) is 2. The third-order valence-electron chi connectivity index (χ3n) is 3.51. The summed E-state index contributed by atoms with van der Waals surface area (Å²) >= 11 is 0. The monoisotopic (exact) mass is 281 g/mol. The molecule has 2 amide bonds. The van der Waals surface area contributed by atoms with Crippen LogP contribution in [0.5, 0.6) is 0 Å². The second-order valence-corrected chi connectivity index (χ2v) is 4.86. The van der Waals surface area contributed by atoms with E-state index >= 15 is 0 Å². The van der Waals surface area contributed by atoms with Crippen molar-refractivity contribution in [3.63, 3.8) is 0 Å². The Bertz CT molecular complexity index is 513. The number of halogens is 1. The van der Waals surface area contributed by atoms with Crippen molar-refractivity contribution >= 4 is 23.2 Å². The summed E-state index contributed by atoms with van der Waals surface area (Å²) in [5, 5.41) is 7.77. The van der Waals surface area contributed by atoms with E-state index in [2.05, 4.69) is 16.0 Å². The van der Waals surface area contributed by atoms with Gasteiger partial charge in [-0.25, -0.2) is 0 Å². The SMILES string of the molecule is O=C1Cc2cc(NC(=O)[C@@H]3CCC[NH2+]3)ccc2N1.[Cl-]. The first-order valence-corrected chi connectivity index (χ1v) is 6.29. The van der Waals surface area contributed by atoms with E-state index in [1.165, 1.54) is 0 Å². The number of amides is 2. The topological polar surface area (TPSA) is 74.8 Å². The standard InChI is InChI=1S/C13H15N3O2.ClH/c17-12-7-8-6-9(3-4-10(8)16-12)15-13(18)11-2-1-5-14-11;/h3-4,6,11,14H,1-2,5,7H2,(H,15,18)(H,16,17);1H/t11-;/m0./s1. The van der Waals surface area contributed by atoms with Crippen molar-refractivity contribution in [1.82, 2.24) is 0 Å². The smallest absolute Gasteiger partial charge is 0.282 e. The predicted octanol–water partition coefficient (Wildman–Crippen LogP) is -3.15. The molecule has 4 N–H and O–H groups in total. The highest BCUT2D eigenvalue weighted by Gasteiger charge is 2.26. The fourth-order valence-electron chi connectivity index (χ4n) is 2.55. The van der Waals surface area contributed by atoms with Gasteiger partial charge >= 0.3 is 0 Å². The molecule has 2 aliphatic rings. The van der Waals surface area contributed by atoms with E-state index in [9.17, 15) is 9.59 Å². The zero-order valence-corrected chi connectivity index (χ0v) is 11.2. The van der Waals surface area contributed by atoms with Gasteiger partial charge in [-0.2, -0.15) is 0 Å². The van der Waals surface area contributed by atoms with Crippen LogP contribution in [0.1, 0.15) is 18.4 Å². The number of nitrogens with one attached hydrogen (secondary N) is 2. The molecule has 6 heteroatoms. The molecule has 0 bridgehead atoms. The Morgan fingerprint density at radius 1 is 1.42 bits per heavy atom. The number of anilines is 2. The van der Waals surface area contributed by atoms with Crippen molar-refractivity contribution in [2.45, 2.75) is 25.3 Å². The Hall–Kier alpha value is -1.59. The van der Waals surface area contributed by atoms with Crippen LogP contribution < -0.4 is 28.4 Å². The van der Waals surface area contributed by atoms with Crippen molar-refractivity contribution in [2.75, 3.05) is 17.2 Å². The molecule has 0 aromatic heterocycles. The van der Waals surface area contributed by atoms with Crippen LogP contribution in [0.25, 0.3) is 0 Å². The molecule has 1 fully saturated rings. The molecule has 0 saturated carbocycles. The quantitative estimate of drug-likeness (QED) is 0.536. The number of hydrogen-bond donors (Lipinski definition) is 3. The molecule has 0 radical (unpaired) electrons. The highest BCUT2D eigenvalue weighted by molar-refractivity contribution is 6.00. The molecule has 19 heavy (non-hydrogen) atoms. The van der Waals surface area contributed by atoms with Gasteiger partial charge in [0.2, 0.25) is 5.91 Å². The maximum Gasteiger partial charge on any atom is 0.282 e. The van der Waals surface area contributed by atoms with Crippen LogP contribution in [0.4, 0.5) is 11.4 Å². The van der Waals surface area contributed by atoms with Crippen molar-refractivity contribution in [3.05, 3.63) is 23.8 Å².